The summed E-state index contributed by atoms with van der Waals surface area (Å²) in [7, 11) is 0. The molecular weight excluding hydrogens is 363 g/mol. The predicted octanol–water partition coefficient (Wildman–Crippen LogP) is 2.77. The molecule has 0 aliphatic carbocycles. The number of carbonyl (C=O) groups is 3. The van der Waals surface area contributed by atoms with E-state index < -0.39 is 30.2 Å². The summed E-state index contributed by atoms with van der Waals surface area (Å²) < 4.78 is 18.3. The molecule has 0 saturated carbocycles. The van der Waals surface area contributed by atoms with Crippen LogP contribution < -0.4 is 11.1 Å². The van der Waals surface area contributed by atoms with Gasteiger partial charge in [0.1, 0.15) is 5.82 Å². The zero-order valence-electron chi connectivity index (χ0n) is 13.4. The molecule has 6 nitrogen and oxygen atoms in total. The van der Waals surface area contributed by atoms with Gasteiger partial charge in [-0.25, -0.2) is 9.18 Å². The van der Waals surface area contributed by atoms with Gasteiger partial charge in [0.05, 0.1) is 16.3 Å². The lowest BCUT2D eigenvalue weighted by atomic mass is 10.1. The molecule has 2 aromatic carbocycles. The summed E-state index contributed by atoms with van der Waals surface area (Å²) in [5.74, 6) is -2.82. The fraction of sp³-hybridized carbons (Fsp3) is 0.0556. The molecule has 0 fully saturated rings. The average Bonchev–Trinajstić information content (AvgIpc) is 2.60. The van der Waals surface area contributed by atoms with Crippen molar-refractivity contribution < 1.29 is 23.5 Å². The lowest BCUT2D eigenvalue weighted by Gasteiger charge is -2.08. The number of amides is 2. The molecule has 0 bridgehead atoms. The van der Waals surface area contributed by atoms with E-state index in [1.54, 1.807) is 12.1 Å². The number of rotatable bonds is 6. The van der Waals surface area contributed by atoms with Crippen LogP contribution in [-0.4, -0.2) is 24.4 Å². The summed E-state index contributed by atoms with van der Waals surface area (Å²) in [6, 6.07) is 10.2. The van der Waals surface area contributed by atoms with Crippen LogP contribution in [0.1, 0.15) is 15.9 Å². The first-order valence-electron chi connectivity index (χ1n) is 7.36. The number of halogens is 2. The van der Waals surface area contributed by atoms with Crippen molar-refractivity contribution in [3.63, 3.8) is 0 Å². The maximum Gasteiger partial charge on any atom is 0.331 e. The number of ether oxygens (including phenoxy) is 1. The van der Waals surface area contributed by atoms with Crippen LogP contribution in [0.15, 0.2) is 48.5 Å². The first kappa shape index (κ1) is 19.1. The van der Waals surface area contributed by atoms with Crippen molar-refractivity contribution >= 4 is 41.1 Å². The molecule has 3 N–H and O–H groups in total. The topological polar surface area (TPSA) is 98.5 Å². The van der Waals surface area contributed by atoms with Crippen LogP contribution in [0.3, 0.4) is 0 Å². The van der Waals surface area contributed by atoms with E-state index in [0.29, 0.717) is 0 Å². The number of nitrogens with two attached hydrogens (primary N) is 1. The third-order valence-corrected chi connectivity index (χ3v) is 3.53. The van der Waals surface area contributed by atoms with E-state index in [-0.39, 0.29) is 21.8 Å². The van der Waals surface area contributed by atoms with Crippen LogP contribution in [-0.2, 0) is 14.3 Å². The van der Waals surface area contributed by atoms with E-state index in [4.69, 9.17) is 22.1 Å². The van der Waals surface area contributed by atoms with E-state index in [0.717, 1.165) is 12.2 Å². The van der Waals surface area contributed by atoms with Crippen LogP contribution >= 0.6 is 11.6 Å². The van der Waals surface area contributed by atoms with Crippen LogP contribution in [0.2, 0.25) is 5.02 Å². The maximum absolute atomic E-state index is 13.6. The van der Waals surface area contributed by atoms with Crippen molar-refractivity contribution in [2.75, 3.05) is 11.9 Å². The number of benzene rings is 2. The molecule has 8 heteroatoms. The first-order chi connectivity index (χ1) is 12.4. The molecule has 0 saturated heterocycles. The summed E-state index contributed by atoms with van der Waals surface area (Å²) in [5, 5.41) is 2.55. The van der Waals surface area contributed by atoms with E-state index in [1.807, 2.05) is 0 Å². The Morgan fingerprint density at radius 3 is 2.58 bits per heavy atom. The minimum Gasteiger partial charge on any atom is -0.452 e. The van der Waals surface area contributed by atoms with Gasteiger partial charge in [-0.15, -0.1) is 0 Å². The molecule has 2 amide bonds. The summed E-state index contributed by atoms with van der Waals surface area (Å²) >= 11 is 5.83. The summed E-state index contributed by atoms with van der Waals surface area (Å²) in [5.41, 5.74) is 5.57. The zero-order chi connectivity index (χ0) is 19.1. The van der Waals surface area contributed by atoms with Gasteiger partial charge in [0, 0.05) is 11.6 Å². The summed E-state index contributed by atoms with van der Waals surface area (Å²) in [6.07, 6.45) is 2.11. The van der Waals surface area contributed by atoms with Crippen molar-refractivity contribution in [2.24, 2.45) is 5.73 Å². The predicted molar refractivity (Wildman–Crippen MR) is 95.0 cm³/mol. The van der Waals surface area contributed by atoms with Gasteiger partial charge in [-0.05, 0) is 30.3 Å². The number of esters is 1. The molecule has 0 heterocycles. The molecule has 0 atom stereocenters. The molecule has 0 unspecified atom stereocenters. The van der Waals surface area contributed by atoms with Crippen LogP contribution in [0.4, 0.5) is 10.1 Å². The second-order valence-electron chi connectivity index (χ2n) is 5.03. The molecule has 0 aromatic heterocycles. The lowest BCUT2D eigenvalue weighted by Crippen LogP contribution is -2.22. The van der Waals surface area contributed by atoms with E-state index >= 15 is 0 Å². The van der Waals surface area contributed by atoms with Gasteiger partial charge in [0.2, 0.25) is 0 Å². The Kier molecular flexibility index (Phi) is 6.46. The third kappa shape index (κ3) is 5.15. The van der Waals surface area contributed by atoms with Crippen molar-refractivity contribution in [2.45, 2.75) is 0 Å². The van der Waals surface area contributed by atoms with Crippen LogP contribution in [0.5, 0.6) is 0 Å². The molecule has 0 radical (unpaired) electrons. The Bertz CT molecular complexity index is 863. The number of hydrogen-bond donors (Lipinski definition) is 2. The van der Waals surface area contributed by atoms with Gasteiger partial charge in [0.15, 0.2) is 6.61 Å². The van der Waals surface area contributed by atoms with Crippen LogP contribution in [0.25, 0.3) is 6.08 Å². The second-order valence-corrected chi connectivity index (χ2v) is 5.44. The first-order valence-corrected chi connectivity index (χ1v) is 7.74. The van der Waals surface area contributed by atoms with Gasteiger partial charge in [-0.1, -0.05) is 29.8 Å². The SMILES string of the molecule is NC(=O)c1ccccc1NC(=O)COC(=O)/C=C/c1c(F)cccc1Cl. The highest BCUT2D eigenvalue weighted by atomic mass is 35.5. The van der Waals surface area contributed by atoms with Crippen molar-refractivity contribution in [3.05, 3.63) is 70.5 Å². The summed E-state index contributed by atoms with van der Waals surface area (Å²) in [4.78, 5) is 34.8. The molecular formula is C18H14ClFN2O4. The standard InChI is InChI=1S/C18H14ClFN2O4/c19-13-5-3-6-14(20)11(13)8-9-17(24)26-10-16(23)22-15-7-2-1-4-12(15)18(21)25/h1-9H,10H2,(H2,21,25)(H,22,23)/b9-8+. The van der Waals surface area contributed by atoms with Gasteiger partial charge in [-0.3, -0.25) is 9.59 Å². The smallest absolute Gasteiger partial charge is 0.331 e. The Balaban J connectivity index is 1.92. The normalized spacial score (nSPS) is 10.5. The van der Waals surface area contributed by atoms with Gasteiger partial charge >= 0.3 is 5.97 Å². The lowest BCUT2D eigenvalue weighted by molar-refractivity contribution is -0.142. The van der Waals surface area contributed by atoms with Crippen molar-refractivity contribution in [3.8, 4) is 0 Å². The van der Waals surface area contributed by atoms with E-state index in [1.165, 1.54) is 30.3 Å². The molecule has 0 aliphatic heterocycles. The summed E-state index contributed by atoms with van der Waals surface area (Å²) in [6.45, 7) is -0.596. The van der Waals surface area contributed by atoms with E-state index in [2.05, 4.69) is 5.32 Å². The quantitative estimate of drug-likeness (QED) is 0.598. The molecule has 134 valence electrons. The fourth-order valence-electron chi connectivity index (χ4n) is 2.00. The molecule has 26 heavy (non-hydrogen) atoms. The van der Waals surface area contributed by atoms with Gasteiger partial charge in [0.25, 0.3) is 11.8 Å². The highest BCUT2D eigenvalue weighted by Gasteiger charge is 2.11. The number of hydrogen-bond acceptors (Lipinski definition) is 4. The molecule has 2 rings (SSSR count). The van der Waals surface area contributed by atoms with Gasteiger partial charge < -0.3 is 15.8 Å². The Morgan fingerprint density at radius 2 is 1.88 bits per heavy atom. The number of para-hydroxylation sites is 1. The number of primary amides is 1. The minimum absolute atomic E-state index is 0.0333. The zero-order valence-corrected chi connectivity index (χ0v) is 14.1. The molecule has 0 aliphatic rings. The number of nitrogens with one attached hydrogen (secondary N) is 1. The molecule has 2 aromatic rings. The van der Waals surface area contributed by atoms with Gasteiger partial charge in [-0.2, -0.15) is 0 Å². The third-order valence-electron chi connectivity index (χ3n) is 3.20. The monoisotopic (exact) mass is 376 g/mol. The largest absolute Gasteiger partial charge is 0.452 e. The second kappa shape index (κ2) is 8.77. The van der Waals surface area contributed by atoms with Crippen LogP contribution in [0, 0.1) is 5.82 Å². The van der Waals surface area contributed by atoms with E-state index in [9.17, 15) is 18.8 Å². The Hall–Kier alpha value is -3.19. The minimum atomic E-state index is -0.859. The molecule has 0 spiro atoms. The van der Waals surface area contributed by atoms with Crippen molar-refractivity contribution in [1.29, 1.82) is 0 Å². The highest BCUT2D eigenvalue weighted by Crippen LogP contribution is 2.20. The number of carbonyl (C=O) groups excluding carboxylic acids is 3. The highest BCUT2D eigenvalue weighted by molar-refractivity contribution is 6.32. The van der Waals surface area contributed by atoms with Crippen molar-refractivity contribution in [1.82, 2.24) is 0 Å². The average molecular weight is 377 g/mol. The number of anilines is 1. The maximum atomic E-state index is 13.6. The Labute approximate surface area is 153 Å². The fourth-order valence-corrected chi connectivity index (χ4v) is 2.23. The Morgan fingerprint density at radius 1 is 1.15 bits per heavy atom.